The zero-order valence-electron chi connectivity index (χ0n) is 17.5. The molecule has 0 spiro atoms. The summed E-state index contributed by atoms with van der Waals surface area (Å²) in [6, 6.07) is 23.5. The van der Waals surface area contributed by atoms with E-state index in [1.807, 2.05) is 61.5 Å². The van der Waals surface area contributed by atoms with E-state index in [9.17, 15) is 13.2 Å². The maximum atomic E-state index is 13.3. The number of benzene rings is 3. The van der Waals surface area contributed by atoms with Gasteiger partial charge in [0.05, 0.1) is 17.5 Å². The fourth-order valence-electron chi connectivity index (χ4n) is 3.24. The molecule has 3 aromatic carbocycles. The van der Waals surface area contributed by atoms with E-state index < -0.39 is 10.0 Å². The van der Waals surface area contributed by atoms with Crippen LogP contribution in [0.4, 0.5) is 0 Å². The van der Waals surface area contributed by atoms with Crippen LogP contribution in [0.2, 0.25) is 0 Å². The average molecular weight is 580 g/mol. The number of rotatable bonds is 9. The normalized spacial score (nSPS) is 12.5. The highest BCUT2D eigenvalue weighted by molar-refractivity contribution is 9.10. The smallest absolute Gasteiger partial charge is 0.243 e. The molecule has 0 unspecified atom stereocenters. The molecule has 0 saturated heterocycles. The summed E-state index contributed by atoms with van der Waals surface area (Å²) in [5.74, 6) is -0.355. The van der Waals surface area contributed by atoms with Crippen LogP contribution in [-0.2, 0) is 21.2 Å². The molecule has 32 heavy (non-hydrogen) atoms. The van der Waals surface area contributed by atoms with Crippen LogP contribution in [-0.4, -0.2) is 31.7 Å². The number of carbonyl (C=O) groups is 1. The third-order valence-corrected chi connectivity index (χ3v) is 7.87. The first-order valence-corrected chi connectivity index (χ1v) is 13.1. The Hall–Kier alpha value is -2.00. The van der Waals surface area contributed by atoms with Gasteiger partial charge in [-0.1, -0.05) is 74.3 Å². The van der Waals surface area contributed by atoms with Gasteiger partial charge in [-0.25, -0.2) is 8.42 Å². The molecule has 168 valence electrons. The van der Waals surface area contributed by atoms with E-state index >= 15 is 0 Å². The van der Waals surface area contributed by atoms with E-state index in [4.69, 9.17) is 0 Å². The van der Waals surface area contributed by atoms with Gasteiger partial charge in [-0.05, 0) is 60.9 Å². The number of sulfonamides is 1. The van der Waals surface area contributed by atoms with E-state index in [0.29, 0.717) is 6.42 Å². The fourth-order valence-corrected chi connectivity index (χ4v) is 5.32. The molecule has 0 bridgehead atoms. The maximum Gasteiger partial charge on any atom is 0.243 e. The minimum atomic E-state index is -3.85. The Kier molecular flexibility index (Phi) is 8.64. The van der Waals surface area contributed by atoms with Crippen molar-refractivity contribution >= 4 is 47.8 Å². The Morgan fingerprint density at radius 3 is 2.28 bits per heavy atom. The molecule has 5 nitrogen and oxygen atoms in total. The lowest BCUT2D eigenvalue weighted by Gasteiger charge is -2.23. The summed E-state index contributed by atoms with van der Waals surface area (Å²) in [6.45, 7) is 1.81. The molecule has 0 aromatic heterocycles. The Morgan fingerprint density at radius 2 is 1.62 bits per heavy atom. The Bertz CT molecular complexity index is 1150. The van der Waals surface area contributed by atoms with Crippen molar-refractivity contribution in [2.45, 2.75) is 24.3 Å². The fraction of sp³-hybridized carbons (Fsp3) is 0.208. The van der Waals surface area contributed by atoms with E-state index in [1.165, 1.54) is 16.4 Å². The van der Waals surface area contributed by atoms with E-state index in [-0.39, 0.29) is 29.9 Å². The highest BCUT2D eigenvalue weighted by atomic mass is 79.9. The first kappa shape index (κ1) is 24.6. The Balaban J connectivity index is 1.78. The maximum absolute atomic E-state index is 13.3. The van der Waals surface area contributed by atoms with Gasteiger partial charge in [0.25, 0.3) is 0 Å². The van der Waals surface area contributed by atoms with E-state index in [0.717, 1.165) is 20.1 Å². The Labute approximate surface area is 206 Å². The van der Waals surface area contributed by atoms with Gasteiger partial charge in [-0.2, -0.15) is 4.31 Å². The van der Waals surface area contributed by atoms with Gasteiger partial charge >= 0.3 is 0 Å². The van der Waals surface area contributed by atoms with Crippen molar-refractivity contribution in [3.05, 3.63) is 98.9 Å². The minimum Gasteiger partial charge on any atom is -0.348 e. The number of carbonyl (C=O) groups excluding carboxylic acids is 1. The van der Waals surface area contributed by atoms with Crippen molar-refractivity contribution in [3.63, 3.8) is 0 Å². The SMILES string of the molecule is C[C@H](NC(=O)CN(CCc1ccccc1)S(=O)(=O)c1ccc(Br)cc1)c1cccc(Br)c1. The lowest BCUT2D eigenvalue weighted by molar-refractivity contribution is -0.121. The molecule has 0 heterocycles. The number of nitrogens with one attached hydrogen (secondary N) is 1. The zero-order chi connectivity index (χ0) is 23.1. The number of amides is 1. The largest absolute Gasteiger partial charge is 0.348 e. The minimum absolute atomic E-state index is 0.154. The second-order valence-electron chi connectivity index (χ2n) is 7.37. The van der Waals surface area contributed by atoms with Crippen molar-refractivity contribution < 1.29 is 13.2 Å². The molecule has 8 heteroatoms. The second kappa shape index (κ2) is 11.2. The second-order valence-corrected chi connectivity index (χ2v) is 11.1. The first-order valence-electron chi connectivity index (χ1n) is 10.1. The average Bonchev–Trinajstić information content (AvgIpc) is 2.77. The number of halogens is 2. The quantitative estimate of drug-likeness (QED) is 0.373. The molecule has 1 amide bonds. The lowest BCUT2D eigenvalue weighted by Crippen LogP contribution is -2.42. The summed E-state index contributed by atoms with van der Waals surface area (Å²) >= 11 is 6.76. The third-order valence-electron chi connectivity index (χ3n) is 4.99. The summed E-state index contributed by atoms with van der Waals surface area (Å²) in [4.78, 5) is 13.0. The lowest BCUT2D eigenvalue weighted by atomic mass is 10.1. The van der Waals surface area contributed by atoms with Crippen LogP contribution in [0.1, 0.15) is 24.1 Å². The summed E-state index contributed by atoms with van der Waals surface area (Å²) in [7, 11) is -3.85. The van der Waals surface area contributed by atoms with Gasteiger partial charge in [0.15, 0.2) is 0 Å². The molecule has 0 aliphatic rings. The van der Waals surface area contributed by atoms with Crippen molar-refractivity contribution in [3.8, 4) is 0 Å². The predicted molar refractivity (Wildman–Crippen MR) is 134 cm³/mol. The zero-order valence-corrected chi connectivity index (χ0v) is 21.5. The van der Waals surface area contributed by atoms with Gasteiger partial charge in [0, 0.05) is 15.5 Å². The van der Waals surface area contributed by atoms with Crippen molar-refractivity contribution in [1.29, 1.82) is 0 Å². The van der Waals surface area contributed by atoms with Gasteiger partial charge in [-0.15, -0.1) is 0 Å². The van der Waals surface area contributed by atoms with Crippen LogP contribution >= 0.6 is 31.9 Å². The van der Waals surface area contributed by atoms with Crippen molar-refractivity contribution in [2.24, 2.45) is 0 Å². The first-order chi connectivity index (χ1) is 15.3. The van der Waals surface area contributed by atoms with E-state index in [1.54, 1.807) is 12.1 Å². The predicted octanol–water partition coefficient (Wildman–Crippen LogP) is 5.32. The van der Waals surface area contributed by atoms with Crippen LogP contribution in [0.15, 0.2) is 92.7 Å². The molecule has 1 N–H and O–H groups in total. The third kappa shape index (κ3) is 6.75. The molecular weight excluding hydrogens is 556 g/mol. The highest BCUT2D eigenvalue weighted by Crippen LogP contribution is 2.21. The van der Waals surface area contributed by atoms with Crippen LogP contribution in [0.3, 0.4) is 0 Å². The molecule has 1 atom stereocenters. The molecule has 0 radical (unpaired) electrons. The standard InChI is InChI=1S/C24H24Br2N2O3S/c1-18(20-8-5-9-22(26)16-20)27-24(29)17-28(15-14-19-6-3-2-4-7-19)32(30,31)23-12-10-21(25)11-13-23/h2-13,16,18H,14-15,17H2,1H3,(H,27,29)/t18-/m0/s1. The van der Waals surface area contributed by atoms with Crippen LogP contribution in [0.5, 0.6) is 0 Å². The topological polar surface area (TPSA) is 66.5 Å². The number of hydrogen-bond donors (Lipinski definition) is 1. The van der Waals surface area contributed by atoms with Gasteiger partial charge in [0.1, 0.15) is 0 Å². The van der Waals surface area contributed by atoms with Gasteiger partial charge in [0.2, 0.25) is 15.9 Å². The molecular formula is C24H24Br2N2O3S. The van der Waals surface area contributed by atoms with E-state index in [2.05, 4.69) is 37.2 Å². The van der Waals surface area contributed by atoms with Crippen LogP contribution in [0.25, 0.3) is 0 Å². The molecule has 0 aliphatic heterocycles. The molecule has 0 saturated carbocycles. The van der Waals surface area contributed by atoms with Gasteiger partial charge in [-0.3, -0.25) is 4.79 Å². The van der Waals surface area contributed by atoms with Crippen LogP contribution < -0.4 is 5.32 Å². The van der Waals surface area contributed by atoms with Gasteiger partial charge < -0.3 is 5.32 Å². The van der Waals surface area contributed by atoms with Crippen molar-refractivity contribution in [1.82, 2.24) is 9.62 Å². The number of hydrogen-bond acceptors (Lipinski definition) is 3. The summed E-state index contributed by atoms with van der Waals surface area (Å²) in [5.41, 5.74) is 1.94. The molecule has 3 rings (SSSR count). The van der Waals surface area contributed by atoms with Crippen molar-refractivity contribution in [2.75, 3.05) is 13.1 Å². The molecule has 3 aromatic rings. The number of nitrogens with zero attached hydrogens (tertiary/aromatic N) is 1. The molecule has 0 fully saturated rings. The summed E-state index contributed by atoms with van der Waals surface area (Å²) < 4.78 is 29.6. The highest BCUT2D eigenvalue weighted by Gasteiger charge is 2.27. The van der Waals surface area contributed by atoms with Crippen LogP contribution in [0, 0.1) is 0 Å². The summed E-state index contributed by atoms with van der Waals surface area (Å²) in [5, 5.41) is 2.91. The molecule has 0 aliphatic carbocycles. The Morgan fingerprint density at radius 1 is 0.938 bits per heavy atom. The summed E-state index contributed by atoms with van der Waals surface area (Å²) in [6.07, 6.45) is 0.505. The monoisotopic (exact) mass is 578 g/mol.